The lowest BCUT2D eigenvalue weighted by Gasteiger charge is -2.34. The van der Waals surface area contributed by atoms with Gasteiger partial charge in [-0.25, -0.2) is 0 Å². The number of carbonyl (C=O) groups is 1. The van der Waals surface area contributed by atoms with Crippen LogP contribution in [0.15, 0.2) is 42.5 Å². The van der Waals surface area contributed by atoms with E-state index >= 15 is 0 Å². The lowest BCUT2D eigenvalue weighted by Crippen LogP contribution is -2.48. The third-order valence-electron chi connectivity index (χ3n) is 6.32. The molecule has 0 radical (unpaired) electrons. The van der Waals surface area contributed by atoms with Crippen LogP contribution in [-0.2, 0) is 10.2 Å². The number of rotatable bonds is 8. The van der Waals surface area contributed by atoms with Crippen molar-refractivity contribution in [2.75, 3.05) is 51.2 Å². The van der Waals surface area contributed by atoms with Gasteiger partial charge < -0.3 is 15.0 Å². The minimum atomic E-state index is 0.0676. The van der Waals surface area contributed by atoms with Crippen molar-refractivity contribution >= 4 is 11.6 Å². The fourth-order valence-electron chi connectivity index (χ4n) is 3.98. The van der Waals surface area contributed by atoms with Gasteiger partial charge in [-0.3, -0.25) is 9.69 Å². The maximum Gasteiger partial charge on any atom is 0.238 e. The summed E-state index contributed by atoms with van der Waals surface area (Å²) >= 11 is 0. The van der Waals surface area contributed by atoms with Crippen molar-refractivity contribution in [1.82, 2.24) is 9.80 Å². The summed E-state index contributed by atoms with van der Waals surface area (Å²) < 4.78 is 5.92. The molecule has 1 heterocycles. The first kappa shape index (κ1) is 24.3. The number of nitrogens with zero attached hydrogens (tertiary/aromatic N) is 2. The monoisotopic (exact) mass is 437 g/mol. The number of anilines is 1. The van der Waals surface area contributed by atoms with Gasteiger partial charge in [0.1, 0.15) is 5.75 Å². The van der Waals surface area contributed by atoms with E-state index in [4.69, 9.17) is 4.74 Å². The molecule has 2 aromatic carbocycles. The zero-order valence-corrected chi connectivity index (χ0v) is 20.4. The lowest BCUT2D eigenvalue weighted by atomic mass is 9.87. The number of nitrogens with one attached hydrogen (secondary N) is 1. The Hall–Kier alpha value is -2.37. The highest BCUT2D eigenvalue weighted by atomic mass is 16.5. The Bertz CT molecular complexity index is 879. The van der Waals surface area contributed by atoms with Crippen molar-refractivity contribution in [2.24, 2.45) is 0 Å². The molecule has 5 nitrogen and oxygen atoms in total. The number of ether oxygens (including phenoxy) is 1. The van der Waals surface area contributed by atoms with Gasteiger partial charge in [-0.1, -0.05) is 45.0 Å². The molecule has 0 aromatic heterocycles. The van der Waals surface area contributed by atoms with Gasteiger partial charge >= 0.3 is 0 Å². The molecule has 0 spiro atoms. The normalized spacial score (nSPS) is 15.5. The van der Waals surface area contributed by atoms with Crippen LogP contribution in [0.2, 0.25) is 0 Å². The summed E-state index contributed by atoms with van der Waals surface area (Å²) in [5.74, 6) is 1.01. The van der Waals surface area contributed by atoms with E-state index in [1.54, 1.807) is 0 Å². The topological polar surface area (TPSA) is 44.8 Å². The molecule has 2 aromatic rings. The van der Waals surface area contributed by atoms with Crippen LogP contribution in [0, 0.1) is 13.8 Å². The second-order valence-corrected chi connectivity index (χ2v) is 9.89. The molecule has 5 heteroatoms. The molecular weight excluding hydrogens is 398 g/mol. The van der Waals surface area contributed by atoms with Gasteiger partial charge in [0.15, 0.2) is 0 Å². The minimum Gasteiger partial charge on any atom is -0.494 e. The molecule has 0 bridgehead atoms. The SMILES string of the molecule is Cc1cccc(NC(=O)CN2CCN(CCCOc3ccc(C(C)(C)C)cc3)CC2)c1C. The van der Waals surface area contributed by atoms with Crippen molar-refractivity contribution in [3.63, 3.8) is 0 Å². The summed E-state index contributed by atoms with van der Waals surface area (Å²) in [5.41, 5.74) is 4.74. The molecule has 1 fully saturated rings. The molecule has 3 rings (SSSR count). The fourth-order valence-corrected chi connectivity index (χ4v) is 3.98. The Labute approximate surface area is 193 Å². The smallest absolute Gasteiger partial charge is 0.238 e. The maximum absolute atomic E-state index is 12.5. The number of amides is 1. The minimum absolute atomic E-state index is 0.0676. The molecule has 0 aliphatic carbocycles. The number of carbonyl (C=O) groups excluding carboxylic acids is 1. The summed E-state index contributed by atoms with van der Waals surface area (Å²) in [4.78, 5) is 17.2. The number of hydrogen-bond acceptors (Lipinski definition) is 4. The number of hydrogen-bond donors (Lipinski definition) is 1. The first-order valence-corrected chi connectivity index (χ1v) is 11.8. The molecule has 1 amide bonds. The predicted octanol–water partition coefficient (Wildman–Crippen LogP) is 4.63. The summed E-state index contributed by atoms with van der Waals surface area (Å²) in [6.07, 6.45) is 1.01. The summed E-state index contributed by atoms with van der Waals surface area (Å²) in [6.45, 7) is 16.8. The molecule has 32 heavy (non-hydrogen) atoms. The van der Waals surface area contributed by atoms with E-state index in [1.807, 2.05) is 19.1 Å². The lowest BCUT2D eigenvalue weighted by molar-refractivity contribution is -0.117. The van der Waals surface area contributed by atoms with Gasteiger partial charge in [0, 0.05) is 38.4 Å². The highest BCUT2D eigenvalue weighted by Crippen LogP contribution is 2.24. The molecule has 0 saturated carbocycles. The van der Waals surface area contributed by atoms with Gasteiger partial charge in [0.2, 0.25) is 5.91 Å². The fraction of sp³-hybridized carbons (Fsp3) is 0.519. The Kier molecular flexibility index (Phi) is 8.32. The maximum atomic E-state index is 12.5. The summed E-state index contributed by atoms with van der Waals surface area (Å²) in [5, 5.41) is 3.07. The van der Waals surface area contributed by atoms with Crippen LogP contribution in [0.4, 0.5) is 5.69 Å². The van der Waals surface area contributed by atoms with E-state index in [0.717, 1.165) is 62.8 Å². The molecular formula is C27H39N3O2. The van der Waals surface area contributed by atoms with Crippen LogP contribution in [0.3, 0.4) is 0 Å². The molecule has 1 N–H and O–H groups in total. The summed E-state index contributed by atoms with van der Waals surface area (Å²) in [6, 6.07) is 14.5. The van der Waals surface area contributed by atoms with Gasteiger partial charge in [-0.15, -0.1) is 0 Å². The van der Waals surface area contributed by atoms with E-state index in [0.29, 0.717) is 6.54 Å². The van der Waals surface area contributed by atoms with E-state index in [2.05, 4.69) is 73.1 Å². The largest absolute Gasteiger partial charge is 0.494 e. The van der Waals surface area contributed by atoms with Crippen molar-refractivity contribution in [1.29, 1.82) is 0 Å². The quantitative estimate of drug-likeness (QED) is 0.612. The molecule has 1 aliphatic heterocycles. The van der Waals surface area contributed by atoms with Crippen LogP contribution in [0.1, 0.15) is 43.9 Å². The van der Waals surface area contributed by atoms with Gasteiger partial charge in [-0.05, 0) is 60.6 Å². The standard InChI is InChI=1S/C27H39N3O2/c1-21-8-6-9-25(22(21)2)28-26(31)20-30-17-15-29(16-18-30)14-7-19-32-24-12-10-23(11-13-24)27(3,4)5/h6,8-13H,7,14-20H2,1-5H3,(H,28,31). The van der Waals surface area contributed by atoms with Gasteiger partial charge in [-0.2, -0.15) is 0 Å². The first-order valence-electron chi connectivity index (χ1n) is 11.8. The summed E-state index contributed by atoms with van der Waals surface area (Å²) in [7, 11) is 0. The van der Waals surface area contributed by atoms with Crippen molar-refractivity contribution in [3.05, 3.63) is 59.2 Å². The Balaban J connectivity index is 1.32. The second-order valence-electron chi connectivity index (χ2n) is 9.89. The van der Waals surface area contributed by atoms with E-state index in [1.165, 1.54) is 11.1 Å². The van der Waals surface area contributed by atoms with E-state index in [-0.39, 0.29) is 11.3 Å². The average molecular weight is 438 g/mol. The molecule has 1 aliphatic rings. The first-order chi connectivity index (χ1) is 15.2. The van der Waals surface area contributed by atoms with Crippen LogP contribution in [0.5, 0.6) is 5.75 Å². The van der Waals surface area contributed by atoms with E-state index < -0.39 is 0 Å². The van der Waals surface area contributed by atoms with Crippen molar-refractivity contribution in [3.8, 4) is 5.75 Å². The zero-order valence-electron chi connectivity index (χ0n) is 20.4. The number of piperazine rings is 1. The molecule has 0 unspecified atom stereocenters. The number of aryl methyl sites for hydroxylation is 1. The number of benzene rings is 2. The third kappa shape index (κ3) is 7.07. The van der Waals surface area contributed by atoms with Crippen LogP contribution in [-0.4, -0.2) is 61.6 Å². The molecule has 1 saturated heterocycles. The second kappa shape index (κ2) is 11.0. The van der Waals surface area contributed by atoms with Gasteiger partial charge in [0.25, 0.3) is 0 Å². The van der Waals surface area contributed by atoms with Crippen LogP contribution < -0.4 is 10.1 Å². The molecule has 174 valence electrons. The highest BCUT2D eigenvalue weighted by molar-refractivity contribution is 5.93. The highest BCUT2D eigenvalue weighted by Gasteiger charge is 2.19. The Morgan fingerprint density at radius 1 is 0.969 bits per heavy atom. The van der Waals surface area contributed by atoms with Crippen molar-refractivity contribution in [2.45, 2.75) is 46.5 Å². The predicted molar refractivity (Wildman–Crippen MR) is 133 cm³/mol. The Morgan fingerprint density at radius 3 is 2.28 bits per heavy atom. The third-order valence-corrected chi connectivity index (χ3v) is 6.32. The zero-order chi connectivity index (χ0) is 23.1. The average Bonchev–Trinajstić information content (AvgIpc) is 2.75. The van der Waals surface area contributed by atoms with Crippen LogP contribution in [0.25, 0.3) is 0 Å². The molecule has 0 atom stereocenters. The van der Waals surface area contributed by atoms with Crippen molar-refractivity contribution < 1.29 is 9.53 Å². The van der Waals surface area contributed by atoms with E-state index in [9.17, 15) is 4.79 Å². The van der Waals surface area contributed by atoms with Gasteiger partial charge in [0.05, 0.1) is 13.2 Å². The van der Waals surface area contributed by atoms with Crippen LogP contribution >= 0.6 is 0 Å². The Morgan fingerprint density at radius 2 is 1.62 bits per heavy atom.